The van der Waals surface area contributed by atoms with E-state index in [9.17, 15) is 4.79 Å². The Morgan fingerprint density at radius 2 is 1.95 bits per heavy atom. The van der Waals surface area contributed by atoms with Crippen LogP contribution < -0.4 is 10.6 Å². The van der Waals surface area contributed by atoms with Crippen LogP contribution in [0.4, 0.5) is 0 Å². The molecule has 1 saturated carbocycles. The molecule has 1 heterocycles. The van der Waals surface area contributed by atoms with Crippen molar-refractivity contribution in [2.24, 2.45) is 11.8 Å². The Kier molecular flexibility index (Phi) is 6.15. The van der Waals surface area contributed by atoms with Gasteiger partial charge < -0.3 is 10.6 Å². The first-order chi connectivity index (χ1) is 9.29. The van der Waals surface area contributed by atoms with Gasteiger partial charge in [0.2, 0.25) is 5.91 Å². The van der Waals surface area contributed by atoms with Gasteiger partial charge in [-0.15, -0.1) is 0 Å². The fourth-order valence-corrected chi connectivity index (χ4v) is 3.57. The zero-order valence-electron chi connectivity index (χ0n) is 12.4. The van der Waals surface area contributed by atoms with Crippen molar-refractivity contribution in [2.45, 2.75) is 70.8 Å². The second-order valence-electron chi connectivity index (χ2n) is 6.39. The molecule has 2 rings (SSSR count). The number of piperidine rings is 1. The van der Waals surface area contributed by atoms with Gasteiger partial charge in [0.05, 0.1) is 6.04 Å². The van der Waals surface area contributed by atoms with Gasteiger partial charge in [0.1, 0.15) is 0 Å². The van der Waals surface area contributed by atoms with E-state index in [-0.39, 0.29) is 11.9 Å². The van der Waals surface area contributed by atoms with E-state index < -0.39 is 0 Å². The van der Waals surface area contributed by atoms with Gasteiger partial charge in [-0.25, -0.2) is 0 Å². The molecule has 2 aliphatic rings. The van der Waals surface area contributed by atoms with Crippen molar-refractivity contribution < 1.29 is 4.79 Å². The van der Waals surface area contributed by atoms with Crippen molar-refractivity contribution in [1.82, 2.24) is 10.6 Å². The molecule has 0 aromatic carbocycles. The summed E-state index contributed by atoms with van der Waals surface area (Å²) in [6, 6.07) is 0.0602. The number of amides is 1. The van der Waals surface area contributed by atoms with E-state index in [1.807, 2.05) is 0 Å². The zero-order valence-corrected chi connectivity index (χ0v) is 12.4. The quantitative estimate of drug-likeness (QED) is 0.803. The molecule has 0 radical (unpaired) electrons. The minimum absolute atomic E-state index is 0.0602. The highest BCUT2D eigenvalue weighted by molar-refractivity contribution is 5.81. The van der Waals surface area contributed by atoms with Gasteiger partial charge in [-0.3, -0.25) is 4.79 Å². The lowest BCUT2D eigenvalue weighted by molar-refractivity contribution is -0.124. The van der Waals surface area contributed by atoms with Gasteiger partial charge in [-0.1, -0.05) is 45.4 Å². The predicted octanol–water partition coefficient (Wildman–Crippen LogP) is 2.85. The van der Waals surface area contributed by atoms with Crippen LogP contribution in [-0.4, -0.2) is 25.0 Å². The predicted molar refractivity (Wildman–Crippen MR) is 79.0 cm³/mol. The van der Waals surface area contributed by atoms with E-state index in [0.717, 1.165) is 31.3 Å². The Balaban J connectivity index is 1.63. The third-order valence-corrected chi connectivity index (χ3v) is 4.98. The summed E-state index contributed by atoms with van der Waals surface area (Å²) >= 11 is 0. The second kappa shape index (κ2) is 7.88. The molecule has 0 aromatic rings. The Morgan fingerprint density at radius 3 is 2.68 bits per heavy atom. The van der Waals surface area contributed by atoms with E-state index in [4.69, 9.17) is 0 Å². The maximum atomic E-state index is 12.1. The molecule has 2 fully saturated rings. The molecule has 110 valence electrons. The molecule has 3 heteroatoms. The molecule has 2 atom stereocenters. The summed E-state index contributed by atoms with van der Waals surface area (Å²) < 4.78 is 0. The molecule has 3 nitrogen and oxygen atoms in total. The summed E-state index contributed by atoms with van der Waals surface area (Å²) in [6.45, 7) is 4.10. The zero-order chi connectivity index (χ0) is 13.5. The van der Waals surface area contributed by atoms with Crippen LogP contribution in [-0.2, 0) is 4.79 Å². The normalized spacial score (nSPS) is 29.1. The maximum Gasteiger partial charge on any atom is 0.237 e. The van der Waals surface area contributed by atoms with Crippen LogP contribution in [0.5, 0.6) is 0 Å². The average Bonchev–Trinajstić information content (AvgIpc) is 2.48. The number of carbonyl (C=O) groups excluding carboxylic acids is 1. The van der Waals surface area contributed by atoms with E-state index in [1.165, 1.54) is 51.4 Å². The summed E-state index contributed by atoms with van der Waals surface area (Å²) in [7, 11) is 0. The van der Waals surface area contributed by atoms with Gasteiger partial charge in [-0.05, 0) is 37.6 Å². The highest BCUT2D eigenvalue weighted by Crippen LogP contribution is 2.25. The third-order valence-electron chi connectivity index (χ3n) is 4.98. The van der Waals surface area contributed by atoms with Gasteiger partial charge in [-0.2, -0.15) is 0 Å². The first-order valence-corrected chi connectivity index (χ1v) is 8.30. The highest BCUT2D eigenvalue weighted by atomic mass is 16.2. The third kappa shape index (κ3) is 4.79. The lowest BCUT2D eigenvalue weighted by Gasteiger charge is -2.29. The van der Waals surface area contributed by atoms with Gasteiger partial charge in [0.15, 0.2) is 0 Å². The topological polar surface area (TPSA) is 41.1 Å². The van der Waals surface area contributed by atoms with Crippen molar-refractivity contribution in [3.63, 3.8) is 0 Å². The second-order valence-corrected chi connectivity index (χ2v) is 6.39. The standard InChI is InChI=1S/C16H30N2O/c1-2-13-8-10-17-15(12-13)16(19)18-11-9-14-6-4-3-5-7-14/h13-15,17H,2-12H2,1H3,(H,18,19). The van der Waals surface area contributed by atoms with Crippen LogP contribution in [0.2, 0.25) is 0 Å². The van der Waals surface area contributed by atoms with Crippen molar-refractivity contribution >= 4 is 5.91 Å². The first kappa shape index (κ1) is 14.8. The number of nitrogens with one attached hydrogen (secondary N) is 2. The summed E-state index contributed by atoms with van der Waals surface area (Å²) in [5.74, 6) is 1.82. The molecular weight excluding hydrogens is 236 g/mol. The molecule has 2 N–H and O–H groups in total. The summed E-state index contributed by atoms with van der Waals surface area (Å²) in [5, 5.41) is 6.50. The smallest absolute Gasteiger partial charge is 0.237 e. The Bertz CT molecular complexity index is 274. The molecule has 1 aliphatic heterocycles. The van der Waals surface area contributed by atoms with Crippen molar-refractivity contribution in [1.29, 1.82) is 0 Å². The summed E-state index contributed by atoms with van der Waals surface area (Å²) in [5.41, 5.74) is 0. The van der Waals surface area contributed by atoms with Crippen LogP contribution in [0.15, 0.2) is 0 Å². The Labute approximate surface area is 117 Å². The van der Waals surface area contributed by atoms with Crippen molar-refractivity contribution in [3.8, 4) is 0 Å². The SMILES string of the molecule is CCC1CCNC(C(=O)NCCC2CCCCC2)C1. The van der Waals surface area contributed by atoms with E-state index in [0.29, 0.717) is 0 Å². The number of hydrogen-bond acceptors (Lipinski definition) is 2. The summed E-state index contributed by atoms with van der Waals surface area (Å²) in [6.07, 6.45) is 11.6. The molecule has 0 spiro atoms. The van der Waals surface area contributed by atoms with Crippen molar-refractivity contribution in [3.05, 3.63) is 0 Å². The lowest BCUT2D eigenvalue weighted by atomic mass is 9.87. The molecule has 1 saturated heterocycles. The first-order valence-electron chi connectivity index (χ1n) is 8.30. The minimum atomic E-state index is 0.0602. The monoisotopic (exact) mass is 266 g/mol. The van der Waals surface area contributed by atoms with Crippen LogP contribution in [0.25, 0.3) is 0 Å². The fraction of sp³-hybridized carbons (Fsp3) is 0.938. The van der Waals surface area contributed by atoms with Crippen LogP contribution >= 0.6 is 0 Å². The molecule has 19 heavy (non-hydrogen) atoms. The largest absolute Gasteiger partial charge is 0.355 e. The van der Waals surface area contributed by atoms with Crippen molar-refractivity contribution in [2.75, 3.05) is 13.1 Å². The minimum Gasteiger partial charge on any atom is -0.355 e. The van der Waals surface area contributed by atoms with E-state index in [2.05, 4.69) is 17.6 Å². The van der Waals surface area contributed by atoms with Crippen LogP contribution in [0.3, 0.4) is 0 Å². The molecule has 0 bridgehead atoms. The lowest BCUT2D eigenvalue weighted by Crippen LogP contribution is -2.49. The number of hydrogen-bond donors (Lipinski definition) is 2. The van der Waals surface area contributed by atoms with Gasteiger partial charge in [0, 0.05) is 6.54 Å². The Hall–Kier alpha value is -0.570. The Morgan fingerprint density at radius 1 is 1.16 bits per heavy atom. The molecular formula is C16H30N2O. The van der Waals surface area contributed by atoms with E-state index in [1.54, 1.807) is 0 Å². The van der Waals surface area contributed by atoms with Gasteiger partial charge >= 0.3 is 0 Å². The maximum absolute atomic E-state index is 12.1. The highest BCUT2D eigenvalue weighted by Gasteiger charge is 2.25. The van der Waals surface area contributed by atoms with Crippen LogP contribution in [0.1, 0.15) is 64.7 Å². The van der Waals surface area contributed by atoms with E-state index >= 15 is 0 Å². The fourth-order valence-electron chi connectivity index (χ4n) is 3.57. The average molecular weight is 266 g/mol. The van der Waals surface area contributed by atoms with Gasteiger partial charge in [0.25, 0.3) is 0 Å². The molecule has 1 amide bonds. The molecule has 1 aliphatic carbocycles. The molecule has 2 unspecified atom stereocenters. The summed E-state index contributed by atoms with van der Waals surface area (Å²) in [4.78, 5) is 12.1. The number of rotatable bonds is 5. The number of carbonyl (C=O) groups is 1. The van der Waals surface area contributed by atoms with Crippen LogP contribution in [0, 0.1) is 11.8 Å². The molecule has 0 aromatic heterocycles.